The number of hydrogen-bond acceptors (Lipinski definition) is 5. The summed E-state index contributed by atoms with van der Waals surface area (Å²) in [5.74, 6) is -0.670. The predicted octanol–water partition coefficient (Wildman–Crippen LogP) is 2.34. The van der Waals surface area contributed by atoms with Crippen molar-refractivity contribution in [2.75, 3.05) is 19.8 Å². The predicted molar refractivity (Wildman–Crippen MR) is 95.3 cm³/mol. The van der Waals surface area contributed by atoms with Crippen LogP contribution in [-0.4, -0.2) is 34.1 Å². The maximum atomic E-state index is 12.7. The zero-order chi connectivity index (χ0) is 18.8. The molecule has 26 heavy (non-hydrogen) atoms. The van der Waals surface area contributed by atoms with Crippen molar-refractivity contribution in [2.45, 2.75) is 0 Å². The highest BCUT2D eigenvalue weighted by atomic mass is 32.2. The number of nitrogens with one attached hydrogen (secondary N) is 1. The Bertz CT molecular complexity index is 836. The van der Waals surface area contributed by atoms with Crippen LogP contribution in [0.25, 0.3) is 6.08 Å². The summed E-state index contributed by atoms with van der Waals surface area (Å²) in [6, 6.07) is 14.3. The largest absolute Gasteiger partial charge is 0.490 e. The smallest absolute Gasteiger partial charge is 0.321 e. The first-order valence-corrected chi connectivity index (χ1v) is 9.26. The number of ether oxygens (including phenoxy) is 2. The highest BCUT2D eigenvalue weighted by Crippen LogP contribution is 2.10. The molecule has 2 aromatic rings. The summed E-state index contributed by atoms with van der Waals surface area (Å²) < 4.78 is 48.5. The SMILES string of the molecule is O=C(CNS(=O)(=O)/C=C/c1ccccc1)OCCOc1ccc(F)cc1. The Balaban J connectivity index is 1.67. The normalized spacial score (nSPS) is 11.4. The highest BCUT2D eigenvalue weighted by molar-refractivity contribution is 7.92. The molecule has 1 N–H and O–H groups in total. The molecule has 0 aliphatic heterocycles. The number of rotatable bonds is 9. The van der Waals surface area contributed by atoms with E-state index in [1.54, 1.807) is 24.3 Å². The summed E-state index contributed by atoms with van der Waals surface area (Å²) in [6.45, 7) is -0.478. The summed E-state index contributed by atoms with van der Waals surface area (Å²) in [4.78, 5) is 11.5. The van der Waals surface area contributed by atoms with E-state index in [0.717, 1.165) is 11.0 Å². The van der Waals surface area contributed by atoms with Gasteiger partial charge < -0.3 is 9.47 Å². The van der Waals surface area contributed by atoms with Crippen molar-refractivity contribution in [2.24, 2.45) is 0 Å². The molecule has 0 saturated carbocycles. The molecule has 0 spiro atoms. The molecule has 0 amide bonds. The lowest BCUT2D eigenvalue weighted by atomic mass is 10.2. The van der Waals surface area contributed by atoms with Gasteiger partial charge in [0.2, 0.25) is 10.0 Å². The Morgan fingerprint density at radius 1 is 1.04 bits per heavy atom. The molecule has 0 aliphatic carbocycles. The molecule has 2 aromatic carbocycles. The van der Waals surface area contributed by atoms with Crippen LogP contribution in [0.2, 0.25) is 0 Å². The zero-order valence-electron chi connectivity index (χ0n) is 13.8. The standard InChI is InChI=1S/C18H18FNO5S/c19-16-6-8-17(9-7-16)24-11-12-25-18(21)14-20-26(22,23)13-10-15-4-2-1-3-5-15/h1-10,13,20H,11-12,14H2/b13-10+. The van der Waals surface area contributed by atoms with Gasteiger partial charge in [0, 0.05) is 5.41 Å². The van der Waals surface area contributed by atoms with Gasteiger partial charge in [0.15, 0.2) is 0 Å². The maximum Gasteiger partial charge on any atom is 0.321 e. The van der Waals surface area contributed by atoms with Gasteiger partial charge in [-0.3, -0.25) is 4.79 Å². The van der Waals surface area contributed by atoms with Crippen LogP contribution in [0.1, 0.15) is 5.56 Å². The van der Waals surface area contributed by atoms with E-state index < -0.39 is 22.5 Å². The molecule has 0 aromatic heterocycles. The molecule has 0 heterocycles. The molecule has 2 rings (SSSR count). The van der Waals surface area contributed by atoms with Crippen molar-refractivity contribution in [1.82, 2.24) is 4.72 Å². The lowest BCUT2D eigenvalue weighted by Crippen LogP contribution is -2.30. The van der Waals surface area contributed by atoms with Gasteiger partial charge >= 0.3 is 5.97 Å². The molecule has 8 heteroatoms. The Morgan fingerprint density at radius 3 is 2.42 bits per heavy atom. The van der Waals surface area contributed by atoms with E-state index in [2.05, 4.69) is 4.72 Å². The summed E-state index contributed by atoms with van der Waals surface area (Å²) in [6.07, 6.45) is 1.42. The van der Waals surface area contributed by atoms with Gasteiger partial charge in [0.05, 0.1) is 0 Å². The summed E-state index contributed by atoms with van der Waals surface area (Å²) in [5, 5.41) is 0.979. The molecule has 0 atom stereocenters. The molecule has 0 bridgehead atoms. The maximum absolute atomic E-state index is 12.7. The van der Waals surface area contributed by atoms with Crippen molar-refractivity contribution in [3.63, 3.8) is 0 Å². The second-order valence-corrected chi connectivity index (χ2v) is 6.75. The fraction of sp³-hybridized carbons (Fsp3) is 0.167. The van der Waals surface area contributed by atoms with E-state index in [1.807, 2.05) is 6.07 Å². The third-order valence-electron chi connectivity index (χ3n) is 3.09. The second-order valence-electron chi connectivity index (χ2n) is 5.10. The van der Waals surface area contributed by atoms with E-state index in [0.29, 0.717) is 5.75 Å². The number of esters is 1. The first-order chi connectivity index (χ1) is 12.4. The average molecular weight is 379 g/mol. The molecule has 0 unspecified atom stereocenters. The van der Waals surface area contributed by atoms with Gasteiger partial charge in [-0.2, -0.15) is 0 Å². The van der Waals surface area contributed by atoms with E-state index >= 15 is 0 Å². The lowest BCUT2D eigenvalue weighted by Gasteiger charge is -2.07. The first-order valence-electron chi connectivity index (χ1n) is 7.71. The Kier molecular flexibility index (Phi) is 7.31. The Hall–Kier alpha value is -2.71. The number of sulfonamides is 1. The van der Waals surface area contributed by atoms with E-state index in [4.69, 9.17) is 9.47 Å². The Labute approximate surface area is 151 Å². The number of halogens is 1. The molecular formula is C18H18FNO5S. The lowest BCUT2D eigenvalue weighted by molar-refractivity contribution is -0.142. The van der Waals surface area contributed by atoms with Gasteiger partial charge in [-0.25, -0.2) is 17.5 Å². The second kappa shape index (κ2) is 9.69. The van der Waals surface area contributed by atoms with Crippen molar-refractivity contribution in [3.05, 3.63) is 71.4 Å². The van der Waals surface area contributed by atoms with Gasteiger partial charge in [0.25, 0.3) is 0 Å². The molecule has 0 saturated heterocycles. The number of carbonyl (C=O) groups excluding carboxylic acids is 1. The zero-order valence-corrected chi connectivity index (χ0v) is 14.6. The molecule has 0 aliphatic rings. The molecule has 138 valence electrons. The molecule has 0 radical (unpaired) electrons. The van der Waals surface area contributed by atoms with Crippen LogP contribution < -0.4 is 9.46 Å². The summed E-state index contributed by atoms with van der Waals surface area (Å²) in [7, 11) is -3.75. The minimum atomic E-state index is -3.75. The fourth-order valence-corrected chi connectivity index (χ4v) is 2.59. The van der Waals surface area contributed by atoms with Crippen LogP contribution in [0.15, 0.2) is 60.0 Å². The van der Waals surface area contributed by atoms with Crippen molar-refractivity contribution >= 4 is 22.1 Å². The van der Waals surface area contributed by atoms with Crippen LogP contribution in [-0.2, 0) is 19.6 Å². The van der Waals surface area contributed by atoms with Crippen molar-refractivity contribution < 1.29 is 27.1 Å². The monoisotopic (exact) mass is 379 g/mol. The van der Waals surface area contributed by atoms with Gasteiger partial charge in [0.1, 0.15) is 31.3 Å². The van der Waals surface area contributed by atoms with Crippen LogP contribution in [0, 0.1) is 5.82 Å². The number of carbonyl (C=O) groups is 1. The van der Waals surface area contributed by atoms with Crippen LogP contribution in [0.5, 0.6) is 5.75 Å². The minimum Gasteiger partial charge on any atom is -0.490 e. The quantitative estimate of drug-likeness (QED) is 0.534. The van der Waals surface area contributed by atoms with Gasteiger partial charge in [-0.1, -0.05) is 30.3 Å². The van der Waals surface area contributed by atoms with E-state index in [1.165, 1.54) is 30.3 Å². The third kappa shape index (κ3) is 7.45. The average Bonchev–Trinajstić information content (AvgIpc) is 2.64. The third-order valence-corrected chi connectivity index (χ3v) is 4.13. The Morgan fingerprint density at radius 2 is 1.73 bits per heavy atom. The first kappa shape index (κ1) is 19.6. The van der Waals surface area contributed by atoms with E-state index in [9.17, 15) is 17.6 Å². The van der Waals surface area contributed by atoms with Crippen LogP contribution in [0.4, 0.5) is 4.39 Å². The summed E-state index contributed by atoms with van der Waals surface area (Å²) in [5.41, 5.74) is 0.721. The van der Waals surface area contributed by atoms with Gasteiger partial charge in [-0.05, 0) is 35.9 Å². The molecular weight excluding hydrogens is 361 g/mol. The highest BCUT2D eigenvalue weighted by Gasteiger charge is 2.09. The van der Waals surface area contributed by atoms with Crippen LogP contribution >= 0.6 is 0 Å². The van der Waals surface area contributed by atoms with E-state index in [-0.39, 0.29) is 19.0 Å². The number of benzene rings is 2. The fourth-order valence-electron chi connectivity index (χ4n) is 1.84. The topological polar surface area (TPSA) is 81.7 Å². The number of hydrogen-bond donors (Lipinski definition) is 1. The molecule has 6 nitrogen and oxygen atoms in total. The minimum absolute atomic E-state index is 0.0577. The van der Waals surface area contributed by atoms with Crippen molar-refractivity contribution in [3.8, 4) is 5.75 Å². The summed E-state index contributed by atoms with van der Waals surface area (Å²) >= 11 is 0. The molecule has 0 fully saturated rings. The van der Waals surface area contributed by atoms with Gasteiger partial charge in [-0.15, -0.1) is 0 Å². The van der Waals surface area contributed by atoms with Crippen molar-refractivity contribution in [1.29, 1.82) is 0 Å². The van der Waals surface area contributed by atoms with Crippen LogP contribution in [0.3, 0.4) is 0 Å².